The van der Waals surface area contributed by atoms with Gasteiger partial charge in [0, 0.05) is 13.2 Å². The molecule has 2 aliphatic rings. The number of carbonyl (C=O) groups excluding carboxylic acids is 1. The summed E-state index contributed by atoms with van der Waals surface area (Å²) in [5, 5.41) is 0.514. The van der Waals surface area contributed by atoms with Crippen LogP contribution in [-0.2, 0) is 4.74 Å². The number of methoxy groups -OCH3 is 1. The van der Waals surface area contributed by atoms with Gasteiger partial charge in [-0.1, -0.05) is 26.0 Å². The Hall–Kier alpha value is -3.32. The molecular weight excluding hydrogens is 458 g/mol. The van der Waals surface area contributed by atoms with Gasteiger partial charge in [-0.05, 0) is 67.5 Å². The van der Waals surface area contributed by atoms with Crippen molar-refractivity contribution in [2.45, 2.75) is 52.7 Å². The van der Waals surface area contributed by atoms with Crippen molar-refractivity contribution in [3.63, 3.8) is 0 Å². The fourth-order valence-electron chi connectivity index (χ4n) is 5.29. The SMILES string of the molecule is COc1cc(C2c3c(oc4cc(C)cc(C)c4c3=O)C(=O)N2CC2CCCO2)ccc1OCC(C)C. The third kappa shape index (κ3) is 4.26. The molecule has 5 rings (SSSR count). The molecule has 1 fully saturated rings. The van der Waals surface area contributed by atoms with E-state index < -0.39 is 6.04 Å². The van der Waals surface area contributed by atoms with Crippen molar-refractivity contribution >= 4 is 16.9 Å². The zero-order valence-corrected chi connectivity index (χ0v) is 21.6. The van der Waals surface area contributed by atoms with Crippen LogP contribution in [0.1, 0.15) is 65.5 Å². The number of hydrogen-bond acceptors (Lipinski definition) is 6. The highest BCUT2D eigenvalue weighted by Crippen LogP contribution is 2.42. The van der Waals surface area contributed by atoms with Crippen LogP contribution in [0.5, 0.6) is 11.5 Å². The minimum absolute atomic E-state index is 0.0743. The Kier molecular flexibility index (Phi) is 6.51. The lowest BCUT2D eigenvalue weighted by atomic mass is 9.96. The molecule has 1 amide bonds. The molecular formula is C29H33NO6. The summed E-state index contributed by atoms with van der Waals surface area (Å²) in [5.41, 5.74) is 3.22. The van der Waals surface area contributed by atoms with Crippen LogP contribution in [0, 0.1) is 19.8 Å². The molecule has 0 spiro atoms. The van der Waals surface area contributed by atoms with Crippen LogP contribution in [0.15, 0.2) is 39.5 Å². The topological polar surface area (TPSA) is 78.2 Å². The molecule has 2 aliphatic heterocycles. The first-order chi connectivity index (χ1) is 17.3. The average Bonchev–Trinajstić information content (AvgIpc) is 3.44. The summed E-state index contributed by atoms with van der Waals surface area (Å²) < 4.78 is 23.6. The molecule has 0 bridgehead atoms. The van der Waals surface area contributed by atoms with Crippen LogP contribution in [0.2, 0.25) is 0 Å². The van der Waals surface area contributed by atoms with E-state index in [2.05, 4.69) is 13.8 Å². The van der Waals surface area contributed by atoms with Crippen molar-refractivity contribution in [1.29, 1.82) is 0 Å². The monoisotopic (exact) mass is 491 g/mol. The van der Waals surface area contributed by atoms with Crippen molar-refractivity contribution in [3.05, 3.63) is 68.6 Å². The van der Waals surface area contributed by atoms with Crippen molar-refractivity contribution in [3.8, 4) is 11.5 Å². The molecule has 3 aromatic rings. The molecule has 1 saturated heterocycles. The van der Waals surface area contributed by atoms with E-state index in [1.54, 1.807) is 12.0 Å². The minimum Gasteiger partial charge on any atom is -0.493 e. The van der Waals surface area contributed by atoms with E-state index in [0.29, 0.717) is 53.7 Å². The molecule has 2 aromatic carbocycles. The maximum atomic E-state index is 13.9. The minimum atomic E-state index is -0.605. The summed E-state index contributed by atoms with van der Waals surface area (Å²) >= 11 is 0. The zero-order valence-electron chi connectivity index (χ0n) is 21.6. The van der Waals surface area contributed by atoms with Gasteiger partial charge < -0.3 is 23.5 Å². The Morgan fingerprint density at radius 3 is 2.61 bits per heavy atom. The Balaban J connectivity index is 1.67. The normalized spacial score (nSPS) is 19.4. The maximum Gasteiger partial charge on any atom is 0.291 e. The molecule has 2 atom stereocenters. The number of hydrogen-bond donors (Lipinski definition) is 0. The molecule has 7 heteroatoms. The van der Waals surface area contributed by atoms with Gasteiger partial charge in [0.1, 0.15) is 5.58 Å². The third-order valence-electron chi connectivity index (χ3n) is 6.91. The number of benzene rings is 2. The van der Waals surface area contributed by atoms with Crippen LogP contribution in [0.25, 0.3) is 11.0 Å². The quantitative estimate of drug-likeness (QED) is 0.453. The Morgan fingerprint density at radius 2 is 1.92 bits per heavy atom. The van der Waals surface area contributed by atoms with E-state index in [0.717, 1.165) is 29.5 Å². The molecule has 0 N–H and O–H groups in total. The van der Waals surface area contributed by atoms with Crippen molar-refractivity contribution < 1.29 is 23.4 Å². The summed E-state index contributed by atoms with van der Waals surface area (Å²) in [4.78, 5) is 29.4. The summed E-state index contributed by atoms with van der Waals surface area (Å²) in [6.45, 7) is 9.63. The predicted octanol–water partition coefficient (Wildman–Crippen LogP) is 5.18. The number of amides is 1. The molecule has 36 heavy (non-hydrogen) atoms. The Bertz CT molecular complexity index is 1370. The van der Waals surface area contributed by atoms with Gasteiger partial charge in [-0.15, -0.1) is 0 Å². The van der Waals surface area contributed by atoms with Crippen molar-refractivity contribution in [1.82, 2.24) is 4.90 Å². The van der Waals surface area contributed by atoms with Gasteiger partial charge in [-0.3, -0.25) is 9.59 Å². The highest BCUT2D eigenvalue weighted by Gasteiger charge is 2.44. The van der Waals surface area contributed by atoms with Gasteiger partial charge in [-0.2, -0.15) is 0 Å². The second-order valence-electron chi connectivity index (χ2n) is 10.2. The van der Waals surface area contributed by atoms with E-state index in [4.69, 9.17) is 18.6 Å². The summed E-state index contributed by atoms with van der Waals surface area (Å²) in [5.74, 6) is 1.37. The molecule has 0 saturated carbocycles. The highest BCUT2D eigenvalue weighted by molar-refractivity contribution is 5.99. The first-order valence-corrected chi connectivity index (χ1v) is 12.6. The Morgan fingerprint density at radius 1 is 1.11 bits per heavy atom. The highest BCUT2D eigenvalue weighted by atomic mass is 16.5. The number of fused-ring (bicyclic) bond motifs is 2. The van der Waals surface area contributed by atoms with E-state index >= 15 is 0 Å². The van der Waals surface area contributed by atoms with Gasteiger partial charge in [-0.25, -0.2) is 0 Å². The van der Waals surface area contributed by atoms with Crippen LogP contribution in [0.4, 0.5) is 0 Å². The molecule has 190 valence electrons. The fourth-order valence-corrected chi connectivity index (χ4v) is 5.29. The standard InChI is InChI=1S/C29H33NO6/c1-16(2)15-35-21-9-8-19(13-22(21)33-5)26-25-27(31)24-18(4)11-17(3)12-23(24)36-28(25)29(32)30(26)14-20-7-6-10-34-20/h8-9,11-13,16,20,26H,6-7,10,14-15H2,1-5H3. The zero-order chi connectivity index (χ0) is 25.6. The van der Waals surface area contributed by atoms with E-state index in [1.807, 2.05) is 44.2 Å². The summed E-state index contributed by atoms with van der Waals surface area (Å²) in [6.07, 6.45) is 1.76. The van der Waals surface area contributed by atoms with Gasteiger partial charge in [0.15, 0.2) is 16.9 Å². The van der Waals surface area contributed by atoms with E-state index in [1.165, 1.54) is 0 Å². The first-order valence-electron chi connectivity index (χ1n) is 12.6. The lowest BCUT2D eigenvalue weighted by Gasteiger charge is -2.28. The Labute approximate surface area is 210 Å². The van der Waals surface area contributed by atoms with Crippen LogP contribution >= 0.6 is 0 Å². The molecule has 3 heterocycles. The fraction of sp³-hybridized carbons (Fsp3) is 0.448. The van der Waals surface area contributed by atoms with Gasteiger partial charge in [0.2, 0.25) is 5.76 Å². The van der Waals surface area contributed by atoms with Crippen LogP contribution < -0.4 is 14.9 Å². The summed E-state index contributed by atoms with van der Waals surface area (Å²) in [7, 11) is 1.59. The number of aryl methyl sites for hydroxylation is 2. The van der Waals surface area contributed by atoms with Crippen LogP contribution in [-0.4, -0.2) is 43.8 Å². The second kappa shape index (κ2) is 9.62. The predicted molar refractivity (Wildman–Crippen MR) is 137 cm³/mol. The van der Waals surface area contributed by atoms with Gasteiger partial charge in [0.25, 0.3) is 5.91 Å². The number of rotatable bonds is 7. The smallest absolute Gasteiger partial charge is 0.291 e. The van der Waals surface area contributed by atoms with Crippen LogP contribution in [0.3, 0.4) is 0 Å². The van der Waals surface area contributed by atoms with Gasteiger partial charge in [0.05, 0.1) is 36.8 Å². The van der Waals surface area contributed by atoms with Crippen molar-refractivity contribution in [2.24, 2.45) is 5.92 Å². The van der Waals surface area contributed by atoms with Gasteiger partial charge >= 0.3 is 0 Å². The maximum absolute atomic E-state index is 13.9. The van der Waals surface area contributed by atoms with E-state index in [9.17, 15) is 9.59 Å². The average molecular weight is 492 g/mol. The first kappa shape index (κ1) is 24.4. The van der Waals surface area contributed by atoms with Crippen molar-refractivity contribution in [2.75, 3.05) is 26.9 Å². The molecule has 7 nitrogen and oxygen atoms in total. The number of carbonyl (C=O) groups is 1. The lowest BCUT2D eigenvalue weighted by molar-refractivity contribution is 0.0486. The molecule has 1 aromatic heterocycles. The van der Waals surface area contributed by atoms with E-state index in [-0.39, 0.29) is 23.2 Å². The molecule has 0 aliphatic carbocycles. The third-order valence-corrected chi connectivity index (χ3v) is 6.91. The summed E-state index contributed by atoms with van der Waals surface area (Å²) in [6, 6.07) is 8.78. The second-order valence-corrected chi connectivity index (χ2v) is 10.2. The largest absolute Gasteiger partial charge is 0.493 e. The number of ether oxygens (including phenoxy) is 3. The molecule has 0 radical (unpaired) electrons. The number of nitrogens with zero attached hydrogens (tertiary/aromatic N) is 1. The lowest BCUT2D eigenvalue weighted by Crippen LogP contribution is -2.36. The molecule has 2 unspecified atom stereocenters.